The summed E-state index contributed by atoms with van der Waals surface area (Å²) < 4.78 is 12.7. The van der Waals surface area contributed by atoms with Crippen LogP contribution in [0.3, 0.4) is 0 Å². The van der Waals surface area contributed by atoms with Crippen molar-refractivity contribution in [2.45, 2.75) is 6.42 Å². The standard InChI is InChI=1S/C14H17FN2O/c1-3-8-17(9-4-2)10-7-14(18)13-6-5-12(15)11-16-13/h3-6,11H,1-2,7-10H2. The number of nitrogens with zero attached hydrogens (tertiary/aromatic N) is 2. The molecule has 1 rings (SSSR count). The molecule has 0 aliphatic heterocycles. The Kier molecular flexibility index (Phi) is 5.94. The molecule has 0 saturated heterocycles. The molecule has 96 valence electrons. The highest BCUT2D eigenvalue weighted by Crippen LogP contribution is 2.03. The maximum Gasteiger partial charge on any atom is 0.182 e. The number of hydrogen-bond donors (Lipinski definition) is 0. The Morgan fingerprint density at radius 3 is 2.50 bits per heavy atom. The molecule has 0 saturated carbocycles. The molecule has 4 heteroatoms. The van der Waals surface area contributed by atoms with Crippen LogP contribution >= 0.6 is 0 Å². The average Bonchev–Trinajstić information content (AvgIpc) is 2.37. The van der Waals surface area contributed by atoms with Crippen molar-refractivity contribution in [1.29, 1.82) is 0 Å². The number of hydrogen-bond acceptors (Lipinski definition) is 3. The highest BCUT2D eigenvalue weighted by Gasteiger charge is 2.09. The van der Waals surface area contributed by atoms with Crippen LogP contribution in [0.25, 0.3) is 0 Å². The molecule has 0 aliphatic rings. The number of aromatic nitrogens is 1. The van der Waals surface area contributed by atoms with Crippen LogP contribution in [-0.4, -0.2) is 35.3 Å². The van der Waals surface area contributed by atoms with Crippen LogP contribution < -0.4 is 0 Å². The molecule has 1 aromatic heterocycles. The summed E-state index contributed by atoms with van der Waals surface area (Å²) in [6.07, 6.45) is 4.97. The maximum atomic E-state index is 12.7. The second kappa shape index (κ2) is 7.50. The molecule has 18 heavy (non-hydrogen) atoms. The van der Waals surface area contributed by atoms with E-state index in [0.29, 0.717) is 31.7 Å². The van der Waals surface area contributed by atoms with Gasteiger partial charge in [0.05, 0.1) is 6.20 Å². The lowest BCUT2D eigenvalue weighted by molar-refractivity contribution is 0.0963. The predicted molar refractivity (Wildman–Crippen MR) is 70.0 cm³/mol. The van der Waals surface area contributed by atoms with Gasteiger partial charge in [-0.3, -0.25) is 14.7 Å². The molecule has 0 fully saturated rings. The molecule has 1 heterocycles. The SMILES string of the molecule is C=CCN(CC=C)CCC(=O)c1ccc(F)cn1. The highest BCUT2D eigenvalue weighted by atomic mass is 19.1. The third kappa shape index (κ3) is 4.59. The van der Waals surface area contributed by atoms with Crippen molar-refractivity contribution in [3.05, 3.63) is 55.2 Å². The maximum absolute atomic E-state index is 12.7. The van der Waals surface area contributed by atoms with Gasteiger partial charge in [0.1, 0.15) is 11.5 Å². The summed E-state index contributed by atoms with van der Waals surface area (Å²) in [6, 6.07) is 2.65. The average molecular weight is 248 g/mol. The molecule has 1 aromatic rings. The third-order valence-corrected chi connectivity index (χ3v) is 2.44. The fraction of sp³-hybridized carbons (Fsp3) is 0.286. The summed E-state index contributed by atoms with van der Waals surface area (Å²) in [5.74, 6) is -0.528. The van der Waals surface area contributed by atoms with Crippen LogP contribution in [0.4, 0.5) is 4.39 Å². The van der Waals surface area contributed by atoms with Gasteiger partial charge in [0.15, 0.2) is 5.78 Å². The zero-order valence-electron chi connectivity index (χ0n) is 10.3. The molecule has 0 aromatic carbocycles. The number of pyridine rings is 1. The number of halogens is 1. The summed E-state index contributed by atoms with van der Waals surface area (Å²) in [5, 5.41) is 0. The van der Waals surface area contributed by atoms with Crippen LogP contribution in [0.2, 0.25) is 0 Å². The molecular weight excluding hydrogens is 231 g/mol. The predicted octanol–water partition coefficient (Wildman–Crippen LogP) is 2.47. The summed E-state index contributed by atoms with van der Waals surface area (Å²) in [4.78, 5) is 17.6. The minimum Gasteiger partial charge on any atom is -0.296 e. The Balaban J connectivity index is 2.51. The third-order valence-electron chi connectivity index (χ3n) is 2.44. The first-order chi connectivity index (χ1) is 8.67. The largest absolute Gasteiger partial charge is 0.296 e. The van der Waals surface area contributed by atoms with Gasteiger partial charge in [-0.1, -0.05) is 12.2 Å². The smallest absolute Gasteiger partial charge is 0.182 e. The van der Waals surface area contributed by atoms with E-state index in [2.05, 4.69) is 18.1 Å². The van der Waals surface area contributed by atoms with Crippen molar-refractivity contribution >= 4 is 5.78 Å². The summed E-state index contributed by atoms with van der Waals surface area (Å²) in [7, 11) is 0. The molecule has 0 bridgehead atoms. The van der Waals surface area contributed by atoms with E-state index in [1.807, 2.05) is 4.90 Å². The van der Waals surface area contributed by atoms with E-state index in [4.69, 9.17) is 0 Å². The quantitative estimate of drug-likeness (QED) is 0.523. The van der Waals surface area contributed by atoms with Gasteiger partial charge in [-0.25, -0.2) is 4.39 Å². The number of rotatable bonds is 8. The summed E-state index contributed by atoms with van der Waals surface area (Å²) in [6.45, 7) is 9.34. The fourth-order valence-electron chi connectivity index (χ4n) is 1.55. The van der Waals surface area contributed by atoms with Crippen molar-refractivity contribution in [2.75, 3.05) is 19.6 Å². The van der Waals surface area contributed by atoms with E-state index in [-0.39, 0.29) is 5.78 Å². The molecule has 3 nitrogen and oxygen atoms in total. The highest BCUT2D eigenvalue weighted by molar-refractivity contribution is 5.94. The molecule has 0 aliphatic carbocycles. The molecular formula is C14H17FN2O. The number of ketones is 1. The molecule has 0 spiro atoms. The van der Waals surface area contributed by atoms with Crippen LogP contribution in [0, 0.1) is 5.82 Å². The molecule has 0 unspecified atom stereocenters. The summed E-state index contributed by atoms with van der Waals surface area (Å²) in [5.41, 5.74) is 0.300. The van der Waals surface area contributed by atoms with E-state index in [1.165, 1.54) is 12.1 Å². The first-order valence-electron chi connectivity index (χ1n) is 5.76. The Morgan fingerprint density at radius 2 is 2.00 bits per heavy atom. The fourth-order valence-corrected chi connectivity index (χ4v) is 1.55. The van der Waals surface area contributed by atoms with Crippen molar-refractivity contribution < 1.29 is 9.18 Å². The molecule has 0 atom stereocenters. The Bertz CT molecular complexity index is 404. The Labute approximate surface area is 107 Å². The lowest BCUT2D eigenvalue weighted by Crippen LogP contribution is -2.26. The van der Waals surface area contributed by atoms with Crippen molar-refractivity contribution in [1.82, 2.24) is 9.88 Å². The zero-order valence-corrected chi connectivity index (χ0v) is 10.3. The monoisotopic (exact) mass is 248 g/mol. The van der Waals surface area contributed by atoms with Gasteiger partial charge in [0.25, 0.3) is 0 Å². The van der Waals surface area contributed by atoms with E-state index in [1.54, 1.807) is 12.2 Å². The second-order valence-electron chi connectivity index (χ2n) is 3.87. The summed E-state index contributed by atoms with van der Waals surface area (Å²) >= 11 is 0. The second-order valence-corrected chi connectivity index (χ2v) is 3.87. The number of carbonyl (C=O) groups is 1. The van der Waals surface area contributed by atoms with Crippen molar-refractivity contribution in [3.8, 4) is 0 Å². The topological polar surface area (TPSA) is 33.2 Å². The van der Waals surface area contributed by atoms with E-state index >= 15 is 0 Å². The van der Waals surface area contributed by atoms with Gasteiger partial charge >= 0.3 is 0 Å². The van der Waals surface area contributed by atoms with Gasteiger partial charge in [-0.15, -0.1) is 13.2 Å². The minimum atomic E-state index is -0.438. The van der Waals surface area contributed by atoms with Gasteiger partial charge in [-0.2, -0.15) is 0 Å². The van der Waals surface area contributed by atoms with Crippen LogP contribution in [0.5, 0.6) is 0 Å². The Hall–Kier alpha value is -1.81. The van der Waals surface area contributed by atoms with Crippen molar-refractivity contribution in [3.63, 3.8) is 0 Å². The normalized spacial score (nSPS) is 10.3. The minimum absolute atomic E-state index is 0.0897. The van der Waals surface area contributed by atoms with Gasteiger partial charge in [-0.05, 0) is 12.1 Å². The molecule has 0 amide bonds. The number of carbonyl (C=O) groups excluding carboxylic acids is 1. The van der Waals surface area contributed by atoms with E-state index in [9.17, 15) is 9.18 Å². The van der Waals surface area contributed by atoms with Gasteiger partial charge < -0.3 is 0 Å². The van der Waals surface area contributed by atoms with Crippen molar-refractivity contribution in [2.24, 2.45) is 0 Å². The lowest BCUT2D eigenvalue weighted by Gasteiger charge is -2.17. The van der Waals surface area contributed by atoms with Crippen LogP contribution in [0.15, 0.2) is 43.6 Å². The van der Waals surface area contributed by atoms with E-state index < -0.39 is 5.82 Å². The lowest BCUT2D eigenvalue weighted by atomic mass is 10.2. The van der Waals surface area contributed by atoms with Gasteiger partial charge in [0.2, 0.25) is 0 Å². The van der Waals surface area contributed by atoms with E-state index in [0.717, 1.165) is 6.20 Å². The van der Waals surface area contributed by atoms with Crippen LogP contribution in [-0.2, 0) is 0 Å². The first-order valence-corrected chi connectivity index (χ1v) is 5.76. The van der Waals surface area contributed by atoms with Gasteiger partial charge in [0, 0.05) is 26.1 Å². The Morgan fingerprint density at radius 1 is 1.33 bits per heavy atom. The number of Topliss-reactive ketones (excluding diaryl/α,β-unsaturated/α-hetero) is 1. The van der Waals surface area contributed by atoms with Crippen LogP contribution in [0.1, 0.15) is 16.9 Å². The zero-order chi connectivity index (χ0) is 13.4. The first kappa shape index (κ1) is 14.3. The molecule has 0 N–H and O–H groups in total. The molecule has 0 radical (unpaired) electrons.